The van der Waals surface area contributed by atoms with E-state index >= 15 is 0 Å². The average Bonchev–Trinajstić information content (AvgIpc) is 2.83. The highest BCUT2D eigenvalue weighted by Gasteiger charge is 2.34. The molecule has 5 heteroatoms. The lowest BCUT2D eigenvalue weighted by Crippen LogP contribution is -2.57. The second-order valence-corrected chi connectivity index (χ2v) is 8.92. The summed E-state index contributed by atoms with van der Waals surface area (Å²) in [6.07, 6.45) is 1.99. The summed E-state index contributed by atoms with van der Waals surface area (Å²) in [4.78, 5) is 19.8. The molecule has 3 atom stereocenters. The smallest absolute Gasteiger partial charge is 0.253 e. The van der Waals surface area contributed by atoms with E-state index in [1.165, 1.54) is 11.1 Å². The molecule has 0 aromatic heterocycles. The van der Waals surface area contributed by atoms with Gasteiger partial charge in [0, 0.05) is 50.4 Å². The van der Waals surface area contributed by atoms with Crippen LogP contribution >= 0.6 is 0 Å². The van der Waals surface area contributed by atoms with Crippen molar-refractivity contribution < 1.29 is 9.53 Å². The molecule has 1 aliphatic heterocycles. The summed E-state index contributed by atoms with van der Waals surface area (Å²) >= 11 is 0. The third kappa shape index (κ3) is 5.66. The van der Waals surface area contributed by atoms with Crippen molar-refractivity contribution in [2.45, 2.75) is 45.8 Å². The van der Waals surface area contributed by atoms with E-state index in [0.717, 1.165) is 30.9 Å². The van der Waals surface area contributed by atoms with E-state index in [0.29, 0.717) is 25.2 Å². The van der Waals surface area contributed by atoms with Crippen LogP contribution in [-0.2, 0) is 0 Å². The normalized spacial score (nSPS) is 20.3. The van der Waals surface area contributed by atoms with Crippen LogP contribution in [0.25, 0.3) is 0 Å². The van der Waals surface area contributed by atoms with Crippen molar-refractivity contribution in [2.75, 3.05) is 39.8 Å². The molecule has 2 aromatic carbocycles. The predicted molar refractivity (Wildman–Crippen MR) is 136 cm³/mol. The quantitative estimate of drug-likeness (QED) is 0.513. The lowest BCUT2D eigenvalue weighted by molar-refractivity contribution is 0.0306. The van der Waals surface area contributed by atoms with Crippen molar-refractivity contribution in [3.05, 3.63) is 77.9 Å². The number of methoxy groups -OCH3 is 1. The maximum Gasteiger partial charge on any atom is 0.253 e. The van der Waals surface area contributed by atoms with Gasteiger partial charge in [0.15, 0.2) is 0 Å². The Hall–Kier alpha value is -2.63. The summed E-state index contributed by atoms with van der Waals surface area (Å²) in [6.45, 7) is 16.8. The number of hydrogen-bond acceptors (Lipinski definition) is 4. The summed E-state index contributed by atoms with van der Waals surface area (Å²) in [7, 11) is 1.71. The van der Waals surface area contributed by atoms with Crippen molar-refractivity contribution in [2.24, 2.45) is 0 Å². The maximum atomic E-state index is 12.8. The zero-order valence-electron chi connectivity index (χ0n) is 20.8. The number of carbonyl (C=O) groups excluding carboxylic acids is 1. The molecule has 2 aromatic rings. The first-order valence-corrected chi connectivity index (χ1v) is 12.1. The van der Waals surface area contributed by atoms with Crippen molar-refractivity contribution >= 4 is 5.91 Å². The van der Waals surface area contributed by atoms with Crippen LogP contribution in [0.3, 0.4) is 0 Å². The van der Waals surface area contributed by atoms with Gasteiger partial charge in [0.1, 0.15) is 5.75 Å². The fourth-order valence-electron chi connectivity index (χ4n) is 4.89. The van der Waals surface area contributed by atoms with Crippen molar-refractivity contribution in [1.29, 1.82) is 0 Å². The standard InChI is InChI=1S/C28H39N3O2/c1-7-17-30-19-22(5)31(20-21(30)4)27(25-11-10-12-26(18-25)33-6)23-13-15-24(16-14-23)28(32)29(8-2)9-3/h7,10-16,18,21-22,27H,1,8-9,17,19-20H2,2-6H3/t21-,22+,27?/m0/s1. The average molecular weight is 450 g/mol. The molecule has 1 saturated heterocycles. The minimum atomic E-state index is 0.0843. The summed E-state index contributed by atoms with van der Waals surface area (Å²) < 4.78 is 5.54. The van der Waals surface area contributed by atoms with Crippen molar-refractivity contribution in [3.8, 4) is 5.75 Å². The minimum absolute atomic E-state index is 0.0843. The summed E-state index contributed by atoms with van der Waals surface area (Å²) in [5, 5.41) is 0. The highest BCUT2D eigenvalue weighted by Crippen LogP contribution is 2.34. The Labute approximate surface area is 199 Å². The second kappa shape index (κ2) is 11.5. The molecule has 33 heavy (non-hydrogen) atoms. The van der Waals surface area contributed by atoms with Crippen LogP contribution in [0, 0.1) is 0 Å². The Bertz CT molecular complexity index is 923. The fourth-order valence-corrected chi connectivity index (χ4v) is 4.89. The van der Waals surface area contributed by atoms with E-state index in [2.05, 4.69) is 60.6 Å². The van der Waals surface area contributed by atoms with Crippen LogP contribution in [0.1, 0.15) is 55.2 Å². The van der Waals surface area contributed by atoms with Gasteiger partial charge in [-0.05, 0) is 63.1 Å². The van der Waals surface area contributed by atoms with Crippen LogP contribution in [-0.4, -0.2) is 72.5 Å². The molecule has 1 unspecified atom stereocenters. The molecule has 1 fully saturated rings. The van der Waals surface area contributed by atoms with Crippen molar-refractivity contribution in [1.82, 2.24) is 14.7 Å². The summed E-state index contributed by atoms with van der Waals surface area (Å²) in [6, 6.07) is 17.4. The van der Waals surface area contributed by atoms with Crippen molar-refractivity contribution in [3.63, 3.8) is 0 Å². The number of ether oxygens (including phenoxy) is 1. The highest BCUT2D eigenvalue weighted by molar-refractivity contribution is 5.94. The molecule has 0 bridgehead atoms. The number of piperazine rings is 1. The molecule has 5 nitrogen and oxygen atoms in total. The Morgan fingerprint density at radius 1 is 1.09 bits per heavy atom. The Kier molecular flexibility index (Phi) is 8.70. The molecule has 1 heterocycles. The first kappa shape index (κ1) is 25.0. The lowest BCUT2D eigenvalue weighted by atomic mass is 9.92. The molecule has 1 aliphatic rings. The molecule has 0 saturated carbocycles. The first-order valence-electron chi connectivity index (χ1n) is 12.1. The van der Waals surface area contributed by atoms with Crippen LogP contribution in [0.4, 0.5) is 0 Å². The van der Waals surface area contributed by atoms with E-state index in [-0.39, 0.29) is 11.9 Å². The largest absolute Gasteiger partial charge is 0.497 e. The number of hydrogen-bond donors (Lipinski definition) is 0. The van der Waals surface area contributed by atoms with E-state index in [4.69, 9.17) is 4.74 Å². The predicted octanol–water partition coefficient (Wildman–Crippen LogP) is 4.85. The molecule has 0 spiro atoms. The van der Waals surface area contributed by atoms with E-state index in [1.54, 1.807) is 7.11 Å². The van der Waals surface area contributed by atoms with Gasteiger partial charge in [0.05, 0.1) is 13.2 Å². The zero-order valence-corrected chi connectivity index (χ0v) is 20.8. The lowest BCUT2D eigenvalue weighted by Gasteiger charge is -2.47. The molecule has 178 valence electrons. The molecule has 1 amide bonds. The number of carbonyl (C=O) groups is 1. The summed E-state index contributed by atoms with van der Waals surface area (Å²) in [5.41, 5.74) is 3.13. The Morgan fingerprint density at radius 2 is 1.79 bits per heavy atom. The molecular formula is C28H39N3O2. The highest BCUT2D eigenvalue weighted by atomic mass is 16.5. The number of rotatable bonds is 9. The van der Waals surface area contributed by atoms with E-state index in [1.807, 2.05) is 43.0 Å². The topological polar surface area (TPSA) is 36.0 Å². The second-order valence-electron chi connectivity index (χ2n) is 8.92. The van der Waals surface area contributed by atoms with Gasteiger partial charge in [-0.1, -0.05) is 30.3 Å². The van der Waals surface area contributed by atoms with Crippen LogP contribution in [0.2, 0.25) is 0 Å². The summed E-state index contributed by atoms with van der Waals surface area (Å²) in [5.74, 6) is 0.946. The maximum absolute atomic E-state index is 12.8. The molecule has 0 radical (unpaired) electrons. The molecule has 0 N–H and O–H groups in total. The Morgan fingerprint density at radius 3 is 2.39 bits per heavy atom. The molecular weight excluding hydrogens is 410 g/mol. The van der Waals surface area contributed by atoms with Gasteiger partial charge in [-0.15, -0.1) is 6.58 Å². The number of benzene rings is 2. The SMILES string of the molecule is C=CCN1C[C@@H](C)N(C(c2ccc(C(=O)N(CC)CC)cc2)c2cccc(OC)c2)C[C@@H]1C. The van der Waals surface area contributed by atoms with Gasteiger partial charge >= 0.3 is 0 Å². The van der Waals surface area contributed by atoms with Crippen LogP contribution < -0.4 is 4.74 Å². The Balaban J connectivity index is 1.98. The van der Waals surface area contributed by atoms with Gasteiger partial charge in [-0.2, -0.15) is 0 Å². The van der Waals surface area contributed by atoms with E-state index < -0.39 is 0 Å². The van der Waals surface area contributed by atoms with Crippen LogP contribution in [0.5, 0.6) is 5.75 Å². The van der Waals surface area contributed by atoms with Crippen LogP contribution in [0.15, 0.2) is 61.2 Å². The zero-order chi connectivity index (χ0) is 24.0. The van der Waals surface area contributed by atoms with Gasteiger partial charge in [-0.3, -0.25) is 14.6 Å². The first-order chi connectivity index (χ1) is 15.9. The van der Waals surface area contributed by atoms with E-state index in [9.17, 15) is 4.79 Å². The minimum Gasteiger partial charge on any atom is -0.497 e. The van der Waals surface area contributed by atoms with Gasteiger partial charge in [0.2, 0.25) is 0 Å². The molecule has 0 aliphatic carbocycles. The van der Waals surface area contributed by atoms with Gasteiger partial charge in [0.25, 0.3) is 5.91 Å². The third-order valence-electron chi connectivity index (χ3n) is 6.79. The number of amides is 1. The molecule has 3 rings (SSSR count). The van der Waals surface area contributed by atoms with Gasteiger partial charge in [-0.25, -0.2) is 0 Å². The fraction of sp³-hybridized carbons (Fsp3) is 0.464. The third-order valence-corrected chi connectivity index (χ3v) is 6.79. The monoisotopic (exact) mass is 449 g/mol. The number of nitrogens with zero attached hydrogens (tertiary/aromatic N) is 3. The van der Waals surface area contributed by atoms with Gasteiger partial charge < -0.3 is 9.64 Å².